The number of hydrogen-bond acceptors (Lipinski definition) is 4. The van der Waals surface area contributed by atoms with Gasteiger partial charge in [0.2, 0.25) is 0 Å². The highest BCUT2D eigenvalue weighted by atomic mass is 28.4. The van der Waals surface area contributed by atoms with Crippen molar-refractivity contribution in [3.63, 3.8) is 0 Å². The van der Waals surface area contributed by atoms with Crippen LogP contribution in [0.15, 0.2) is 5.16 Å². The molecule has 0 bridgehead atoms. The van der Waals surface area contributed by atoms with E-state index in [0.717, 1.165) is 12.1 Å². The lowest BCUT2D eigenvalue weighted by molar-refractivity contribution is 0.0249. The van der Waals surface area contributed by atoms with Crippen molar-refractivity contribution in [2.45, 2.75) is 71.4 Å². The van der Waals surface area contributed by atoms with Gasteiger partial charge >= 0.3 is 0 Å². The average molecular weight is 287 g/mol. The average Bonchev–Trinajstić information content (AvgIpc) is 2.75. The lowest BCUT2D eigenvalue weighted by Gasteiger charge is -2.38. The molecule has 1 rings (SSSR count). The van der Waals surface area contributed by atoms with E-state index in [0.29, 0.717) is 0 Å². The first-order valence-corrected chi connectivity index (χ1v) is 10.0. The normalized spacial score (nSPS) is 23.8. The molecule has 0 aliphatic carbocycles. The minimum atomic E-state index is -1.78. The largest absolute Gasteiger partial charge is 0.409 e. The van der Waals surface area contributed by atoms with Crippen LogP contribution in [0.1, 0.15) is 41.0 Å². The van der Waals surface area contributed by atoms with Crippen molar-refractivity contribution < 1.29 is 14.4 Å². The molecule has 1 aliphatic rings. The molecule has 0 unspecified atom stereocenters. The van der Waals surface area contributed by atoms with Crippen LogP contribution in [0.3, 0.4) is 0 Å². The van der Waals surface area contributed by atoms with Gasteiger partial charge in [0.25, 0.3) is 0 Å². The molecular formula is C14H29NO3Si. The van der Waals surface area contributed by atoms with E-state index >= 15 is 0 Å². The number of aliphatic hydroxyl groups is 1. The molecule has 1 heterocycles. The quantitative estimate of drug-likeness (QED) is 0.790. The van der Waals surface area contributed by atoms with Gasteiger partial charge in [0.1, 0.15) is 6.10 Å². The molecule has 5 heteroatoms. The van der Waals surface area contributed by atoms with Gasteiger partial charge in [-0.05, 0) is 25.1 Å². The Balaban J connectivity index is 2.59. The van der Waals surface area contributed by atoms with E-state index in [2.05, 4.69) is 45.9 Å². The Morgan fingerprint density at radius 3 is 2.47 bits per heavy atom. The SMILES string of the molecule is C[C@H](O[Si](C)(C)C(C)(C)C)C1=NO[C@H]([C@H](C)CO)C1. The Hall–Kier alpha value is -0.393. The first kappa shape index (κ1) is 16.7. The molecule has 3 atom stereocenters. The van der Waals surface area contributed by atoms with E-state index in [4.69, 9.17) is 14.4 Å². The van der Waals surface area contributed by atoms with Crippen LogP contribution < -0.4 is 0 Å². The van der Waals surface area contributed by atoms with Gasteiger partial charge in [0, 0.05) is 18.9 Å². The summed E-state index contributed by atoms with van der Waals surface area (Å²) in [5.41, 5.74) is 0.968. The minimum Gasteiger partial charge on any atom is -0.409 e. The zero-order valence-corrected chi connectivity index (χ0v) is 14.4. The Morgan fingerprint density at radius 2 is 2.00 bits per heavy atom. The van der Waals surface area contributed by atoms with Crippen molar-refractivity contribution in [2.75, 3.05) is 6.61 Å². The molecule has 19 heavy (non-hydrogen) atoms. The zero-order chi connectivity index (χ0) is 14.8. The van der Waals surface area contributed by atoms with E-state index in [1.54, 1.807) is 0 Å². The Bertz CT molecular complexity index is 336. The van der Waals surface area contributed by atoms with Gasteiger partial charge in [0.15, 0.2) is 8.32 Å². The molecule has 0 aromatic carbocycles. The Kier molecular flexibility index (Phi) is 5.20. The molecule has 1 aliphatic heterocycles. The van der Waals surface area contributed by atoms with E-state index in [1.807, 2.05) is 6.92 Å². The van der Waals surface area contributed by atoms with Gasteiger partial charge in [-0.15, -0.1) is 0 Å². The number of oxime groups is 1. The summed E-state index contributed by atoms with van der Waals surface area (Å²) in [6.07, 6.45) is 0.750. The molecule has 0 spiro atoms. The Labute approximate surface area is 118 Å². The van der Waals surface area contributed by atoms with E-state index in [-0.39, 0.29) is 29.8 Å². The molecule has 0 aromatic rings. The van der Waals surface area contributed by atoms with Crippen molar-refractivity contribution in [2.24, 2.45) is 11.1 Å². The van der Waals surface area contributed by atoms with Crippen LogP contribution in [0.4, 0.5) is 0 Å². The molecule has 4 nitrogen and oxygen atoms in total. The summed E-state index contributed by atoms with van der Waals surface area (Å²) < 4.78 is 6.31. The Morgan fingerprint density at radius 1 is 1.42 bits per heavy atom. The smallest absolute Gasteiger partial charge is 0.192 e. The monoisotopic (exact) mass is 287 g/mol. The third-order valence-electron chi connectivity index (χ3n) is 4.39. The van der Waals surface area contributed by atoms with Crippen molar-refractivity contribution in [1.82, 2.24) is 0 Å². The first-order chi connectivity index (χ1) is 8.58. The lowest BCUT2D eigenvalue weighted by Crippen LogP contribution is -2.45. The molecule has 0 saturated heterocycles. The highest BCUT2D eigenvalue weighted by molar-refractivity contribution is 6.74. The van der Waals surface area contributed by atoms with Gasteiger partial charge in [0.05, 0.1) is 11.8 Å². The van der Waals surface area contributed by atoms with Crippen LogP contribution in [0.2, 0.25) is 18.1 Å². The van der Waals surface area contributed by atoms with Crippen molar-refractivity contribution >= 4 is 14.0 Å². The predicted octanol–water partition coefficient (Wildman–Crippen LogP) is 3.17. The van der Waals surface area contributed by atoms with Crippen LogP contribution >= 0.6 is 0 Å². The predicted molar refractivity (Wildman–Crippen MR) is 80.9 cm³/mol. The van der Waals surface area contributed by atoms with Crippen LogP contribution in [-0.4, -0.2) is 38.0 Å². The second-order valence-electron chi connectivity index (χ2n) is 7.11. The highest BCUT2D eigenvalue weighted by Crippen LogP contribution is 2.37. The fourth-order valence-electron chi connectivity index (χ4n) is 1.77. The molecule has 0 radical (unpaired) electrons. The highest BCUT2D eigenvalue weighted by Gasteiger charge is 2.40. The van der Waals surface area contributed by atoms with Gasteiger partial charge in [-0.25, -0.2) is 0 Å². The van der Waals surface area contributed by atoms with Crippen molar-refractivity contribution in [1.29, 1.82) is 0 Å². The zero-order valence-electron chi connectivity index (χ0n) is 13.4. The van der Waals surface area contributed by atoms with Gasteiger partial charge in [-0.1, -0.05) is 32.9 Å². The second-order valence-corrected chi connectivity index (χ2v) is 11.9. The van der Waals surface area contributed by atoms with Crippen LogP contribution in [0.5, 0.6) is 0 Å². The van der Waals surface area contributed by atoms with Crippen LogP contribution in [-0.2, 0) is 9.26 Å². The van der Waals surface area contributed by atoms with Crippen molar-refractivity contribution in [3.8, 4) is 0 Å². The fourth-order valence-corrected chi connectivity index (χ4v) is 3.14. The van der Waals surface area contributed by atoms with Crippen molar-refractivity contribution in [3.05, 3.63) is 0 Å². The summed E-state index contributed by atoms with van der Waals surface area (Å²) in [4.78, 5) is 5.40. The summed E-state index contributed by atoms with van der Waals surface area (Å²) in [5.74, 6) is 0.112. The third-order valence-corrected chi connectivity index (χ3v) is 8.94. The van der Waals surface area contributed by atoms with E-state index < -0.39 is 8.32 Å². The molecular weight excluding hydrogens is 258 g/mol. The standard InChI is InChI=1S/C14H29NO3Si/c1-10(9-16)13-8-12(15-17-13)11(2)18-19(6,7)14(3,4)5/h10-11,13,16H,8-9H2,1-7H3/t10-,11+,13+/m1/s1. The van der Waals surface area contributed by atoms with Crippen LogP contribution in [0.25, 0.3) is 0 Å². The minimum absolute atomic E-state index is 0.00298. The van der Waals surface area contributed by atoms with Gasteiger partial charge in [-0.3, -0.25) is 0 Å². The number of hydrogen-bond donors (Lipinski definition) is 1. The van der Waals surface area contributed by atoms with E-state index in [1.165, 1.54) is 0 Å². The maximum absolute atomic E-state index is 9.16. The lowest BCUT2D eigenvalue weighted by atomic mass is 9.99. The molecule has 0 fully saturated rings. The number of aliphatic hydroxyl groups excluding tert-OH is 1. The molecule has 0 amide bonds. The van der Waals surface area contributed by atoms with Gasteiger partial charge in [-0.2, -0.15) is 0 Å². The van der Waals surface area contributed by atoms with E-state index in [9.17, 15) is 0 Å². The summed E-state index contributed by atoms with van der Waals surface area (Å²) in [7, 11) is -1.78. The van der Waals surface area contributed by atoms with Gasteiger partial charge < -0.3 is 14.4 Å². The number of nitrogens with zero attached hydrogens (tertiary/aromatic N) is 1. The van der Waals surface area contributed by atoms with Crippen LogP contribution in [0, 0.1) is 5.92 Å². The fraction of sp³-hybridized carbons (Fsp3) is 0.929. The molecule has 112 valence electrons. The molecule has 0 aromatic heterocycles. The molecule has 0 saturated carbocycles. The first-order valence-electron chi connectivity index (χ1n) is 7.09. The number of rotatable bonds is 5. The molecule has 1 N–H and O–H groups in total. The third kappa shape index (κ3) is 4.03. The summed E-state index contributed by atoms with van der Waals surface area (Å²) in [6, 6.07) is 0. The topological polar surface area (TPSA) is 51.0 Å². The maximum Gasteiger partial charge on any atom is 0.192 e. The second kappa shape index (κ2) is 5.93. The summed E-state index contributed by atoms with van der Waals surface area (Å²) >= 11 is 0. The maximum atomic E-state index is 9.16. The summed E-state index contributed by atoms with van der Waals surface area (Å²) in [5, 5.41) is 13.5. The summed E-state index contributed by atoms with van der Waals surface area (Å²) in [6.45, 7) is 15.3.